The molecule has 0 amide bonds. The van der Waals surface area contributed by atoms with Crippen molar-refractivity contribution >= 4 is 99.2 Å². The van der Waals surface area contributed by atoms with Crippen molar-refractivity contribution in [3.05, 3.63) is 262 Å². The third-order valence-electron chi connectivity index (χ3n) is 13.9. The fourth-order valence-corrected chi connectivity index (χ4v) is 10.4. The summed E-state index contributed by atoms with van der Waals surface area (Å²) in [6.07, 6.45) is 0. The highest BCUT2D eigenvalue weighted by Gasteiger charge is 2.23. The smallest absolute Gasteiger partial charge is 0.345 e. The van der Waals surface area contributed by atoms with Gasteiger partial charge in [0, 0.05) is 57.0 Å². The number of nitriles is 2. The molecule has 8 nitrogen and oxygen atoms in total. The van der Waals surface area contributed by atoms with Gasteiger partial charge in [0.2, 0.25) is 0 Å². The number of anilines is 6. The van der Waals surface area contributed by atoms with Crippen molar-refractivity contribution in [1.29, 1.82) is 10.5 Å². The van der Waals surface area contributed by atoms with Crippen LogP contribution in [0.3, 0.4) is 0 Å². The van der Waals surface area contributed by atoms with Gasteiger partial charge in [-0.1, -0.05) is 146 Å². The highest BCUT2D eigenvalue weighted by Crippen LogP contribution is 2.42. The van der Waals surface area contributed by atoms with Crippen LogP contribution in [0, 0.1) is 22.7 Å². The molecule has 0 aliphatic heterocycles. The van der Waals surface area contributed by atoms with Crippen molar-refractivity contribution in [3.63, 3.8) is 0 Å². The summed E-state index contributed by atoms with van der Waals surface area (Å²) in [6, 6.07) is 80.1. The Morgan fingerprint density at radius 1 is 0.311 bits per heavy atom. The molecule has 2 aromatic heterocycles. The first-order valence-electron chi connectivity index (χ1n) is 24.1. The Hall–Kier alpha value is -10.5. The lowest BCUT2D eigenvalue weighted by Gasteiger charge is -2.26. The first-order valence-corrected chi connectivity index (χ1v) is 24.1. The lowest BCUT2D eigenvalue weighted by molar-refractivity contribution is 0.562. The maximum Gasteiger partial charge on any atom is 0.345 e. The van der Waals surface area contributed by atoms with E-state index >= 15 is 0 Å². The molecule has 0 fully saturated rings. The molecule has 0 aliphatic carbocycles. The topological polar surface area (TPSA) is 114 Å². The first-order chi connectivity index (χ1) is 36.4. The lowest BCUT2D eigenvalue weighted by Crippen LogP contribution is -2.11. The van der Waals surface area contributed by atoms with Crippen LogP contribution in [0.5, 0.6) is 0 Å². The molecule has 0 radical (unpaired) electrons. The number of benzene rings is 11. The second-order valence-corrected chi connectivity index (χ2v) is 18.2. The second kappa shape index (κ2) is 17.7. The predicted molar refractivity (Wildman–Crippen MR) is 298 cm³/mol. The molecule has 13 rings (SSSR count). The van der Waals surface area contributed by atoms with E-state index in [2.05, 4.69) is 143 Å². The molecule has 13 aromatic rings. The summed E-state index contributed by atoms with van der Waals surface area (Å²) in [5.41, 5.74) is 5.51. The van der Waals surface area contributed by atoms with Gasteiger partial charge in [-0.25, -0.2) is 9.59 Å². The Bertz CT molecular complexity index is 4200. The number of hydrogen-bond acceptors (Lipinski definition) is 8. The summed E-state index contributed by atoms with van der Waals surface area (Å²) >= 11 is 0. The van der Waals surface area contributed by atoms with Gasteiger partial charge in [-0.2, -0.15) is 10.5 Å². The van der Waals surface area contributed by atoms with Crippen LogP contribution in [0.2, 0.25) is 0 Å². The van der Waals surface area contributed by atoms with Crippen molar-refractivity contribution in [2.24, 2.45) is 0 Å². The Kier molecular flexibility index (Phi) is 10.4. The van der Waals surface area contributed by atoms with Crippen LogP contribution in [0.4, 0.5) is 34.1 Å². The van der Waals surface area contributed by atoms with Gasteiger partial charge in [-0.15, -0.1) is 0 Å². The number of rotatable bonds is 8. The van der Waals surface area contributed by atoms with Crippen LogP contribution in [0.15, 0.2) is 249 Å². The van der Waals surface area contributed by atoms with Gasteiger partial charge in [0.25, 0.3) is 0 Å². The highest BCUT2D eigenvalue weighted by atomic mass is 16.4. The van der Waals surface area contributed by atoms with Crippen molar-refractivity contribution in [3.8, 4) is 34.4 Å². The Morgan fingerprint density at radius 2 is 0.581 bits per heavy atom. The van der Waals surface area contributed by atoms with E-state index in [4.69, 9.17) is 8.83 Å². The fraction of sp³-hybridized carbons (Fsp3) is 0. The average molecular weight is 951 g/mol. The van der Waals surface area contributed by atoms with Crippen molar-refractivity contribution < 1.29 is 8.83 Å². The van der Waals surface area contributed by atoms with Crippen molar-refractivity contribution in [1.82, 2.24) is 0 Å². The monoisotopic (exact) mass is 950 g/mol. The minimum Gasteiger partial charge on any atom is -0.422 e. The normalized spacial score (nSPS) is 11.3. The van der Waals surface area contributed by atoms with Crippen molar-refractivity contribution in [2.75, 3.05) is 9.80 Å². The zero-order valence-corrected chi connectivity index (χ0v) is 39.4. The zero-order chi connectivity index (χ0) is 49.9. The van der Waals surface area contributed by atoms with Crippen LogP contribution in [-0.4, -0.2) is 0 Å². The third kappa shape index (κ3) is 7.47. The van der Waals surface area contributed by atoms with Crippen LogP contribution in [0.1, 0.15) is 11.1 Å². The molecule has 74 heavy (non-hydrogen) atoms. The summed E-state index contributed by atoms with van der Waals surface area (Å²) in [7, 11) is 0. The van der Waals surface area contributed by atoms with Crippen LogP contribution in [-0.2, 0) is 0 Å². The molecule has 0 aliphatic rings. The van der Waals surface area contributed by atoms with E-state index in [0.29, 0.717) is 21.9 Å². The standard InChI is InChI=1S/C66H38N4O4/c67-39-59-57-31-29-55(69(51-25-21-41-9-1-5-13-47(41)33-51)52-26-22-42-10-2-6-14-48(42)34-52)37-61(57)73-65(71)63(59)45-17-19-46(20-18-45)64-60(40-68)58-32-30-56(38-62(58)74-66(64)72)70(53-27-23-43-11-3-7-15-49(43)35-53)54-28-24-44-12-4-8-16-50(44)36-54/h1-38H. The molecule has 0 saturated heterocycles. The summed E-state index contributed by atoms with van der Waals surface area (Å²) in [4.78, 5) is 32.5. The lowest BCUT2D eigenvalue weighted by atomic mass is 9.95. The van der Waals surface area contributed by atoms with Crippen LogP contribution in [0.25, 0.3) is 87.3 Å². The summed E-state index contributed by atoms with van der Waals surface area (Å²) in [5.74, 6) is 0. The number of nitrogens with zero attached hydrogens (tertiary/aromatic N) is 4. The average Bonchev–Trinajstić information content (AvgIpc) is 3.44. The van der Waals surface area contributed by atoms with Gasteiger partial charge >= 0.3 is 11.3 Å². The van der Waals surface area contributed by atoms with E-state index in [0.717, 1.165) is 77.2 Å². The maximum absolute atomic E-state index is 14.1. The van der Waals surface area contributed by atoms with Gasteiger partial charge in [0.05, 0.1) is 22.3 Å². The molecule has 2 heterocycles. The molecule has 0 bridgehead atoms. The molecule has 8 heteroatoms. The Labute approximate surface area is 423 Å². The SMILES string of the molecule is N#Cc1c(-c2ccc(-c3c(C#N)c4ccc(N(c5ccc6ccccc6c5)c5ccc6ccccc6c5)cc4oc3=O)cc2)c(=O)oc2cc(N(c3ccc4ccccc4c3)c3ccc4ccccc4c3)ccc12. The molecule has 0 saturated carbocycles. The van der Waals surface area contributed by atoms with Crippen LogP contribution >= 0.6 is 0 Å². The first kappa shape index (κ1) is 43.5. The van der Waals surface area contributed by atoms with E-state index in [1.165, 1.54) is 0 Å². The Balaban J connectivity index is 0.868. The van der Waals surface area contributed by atoms with Crippen molar-refractivity contribution in [2.45, 2.75) is 0 Å². The summed E-state index contributed by atoms with van der Waals surface area (Å²) < 4.78 is 12.2. The molecular weight excluding hydrogens is 913 g/mol. The molecule has 346 valence electrons. The van der Waals surface area contributed by atoms with Gasteiger partial charge in [0.15, 0.2) is 0 Å². The van der Waals surface area contributed by atoms with Gasteiger partial charge in [-0.05, 0) is 127 Å². The third-order valence-corrected chi connectivity index (χ3v) is 13.9. The minimum absolute atomic E-state index is 0.0844. The van der Waals surface area contributed by atoms with E-state index in [1.54, 1.807) is 36.4 Å². The van der Waals surface area contributed by atoms with Crippen LogP contribution < -0.4 is 21.1 Å². The highest BCUT2D eigenvalue weighted by molar-refractivity contribution is 5.99. The van der Waals surface area contributed by atoms with E-state index in [-0.39, 0.29) is 33.4 Å². The zero-order valence-electron chi connectivity index (χ0n) is 39.4. The summed E-state index contributed by atoms with van der Waals surface area (Å²) in [5, 5.41) is 31.1. The quantitative estimate of drug-likeness (QED) is 0.138. The molecule has 11 aromatic carbocycles. The minimum atomic E-state index is -0.693. The van der Waals surface area contributed by atoms with E-state index < -0.39 is 11.3 Å². The summed E-state index contributed by atoms with van der Waals surface area (Å²) in [6.45, 7) is 0. The molecule has 0 atom stereocenters. The number of hydrogen-bond donors (Lipinski definition) is 0. The predicted octanol–water partition coefficient (Wildman–Crippen LogP) is 16.5. The van der Waals surface area contributed by atoms with E-state index in [1.807, 2.05) is 72.8 Å². The number of fused-ring (bicyclic) bond motifs is 6. The van der Waals surface area contributed by atoms with Gasteiger partial charge < -0.3 is 18.6 Å². The largest absolute Gasteiger partial charge is 0.422 e. The molecule has 0 unspecified atom stereocenters. The molecule has 0 N–H and O–H groups in total. The van der Waals surface area contributed by atoms with E-state index in [9.17, 15) is 20.1 Å². The van der Waals surface area contributed by atoms with Gasteiger partial charge in [-0.3, -0.25) is 0 Å². The molecule has 0 spiro atoms. The maximum atomic E-state index is 14.1. The Morgan fingerprint density at radius 3 is 0.878 bits per heavy atom. The second-order valence-electron chi connectivity index (χ2n) is 18.2. The van der Waals surface area contributed by atoms with Gasteiger partial charge in [0.1, 0.15) is 23.3 Å². The molecular formula is C66H38N4O4. The fourth-order valence-electron chi connectivity index (χ4n) is 10.4.